The molecule has 1 aromatic heterocycles. The van der Waals surface area contributed by atoms with Gasteiger partial charge in [-0.25, -0.2) is 17.9 Å². The number of carbonyl (C=O) groups is 1. The van der Waals surface area contributed by atoms with Crippen molar-refractivity contribution in [2.45, 2.75) is 24.3 Å². The molecule has 0 amide bonds. The van der Waals surface area contributed by atoms with Gasteiger partial charge in [0.15, 0.2) is 0 Å². The number of hydrogen-bond acceptors (Lipinski definition) is 6. The smallest absolute Gasteiger partial charge is 0.373 e. The van der Waals surface area contributed by atoms with Crippen molar-refractivity contribution in [1.29, 1.82) is 0 Å². The van der Waals surface area contributed by atoms with Crippen LogP contribution in [0.4, 0.5) is 0 Å². The first-order chi connectivity index (χ1) is 8.94. The summed E-state index contributed by atoms with van der Waals surface area (Å²) < 4.78 is 36.5. The van der Waals surface area contributed by atoms with Crippen LogP contribution < -0.4 is 10.0 Å². The molecule has 1 aliphatic heterocycles. The molecule has 19 heavy (non-hydrogen) atoms. The van der Waals surface area contributed by atoms with E-state index < -0.39 is 16.0 Å². The first-order valence-electron chi connectivity index (χ1n) is 5.86. The van der Waals surface area contributed by atoms with Crippen LogP contribution in [-0.4, -0.2) is 40.6 Å². The molecule has 0 radical (unpaired) electrons. The van der Waals surface area contributed by atoms with E-state index >= 15 is 0 Å². The molecule has 2 rings (SSSR count). The molecular weight excluding hydrogens is 272 g/mol. The second-order valence-electron chi connectivity index (χ2n) is 4.33. The van der Waals surface area contributed by atoms with E-state index in [2.05, 4.69) is 14.8 Å². The number of sulfonamides is 1. The number of ether oxygens (including phenoxy) is 1. The molecule has 1 saturated heterocycles. The van der Waals surface area contributed by atoms with Gasteiger partial charge in [-0.1, -0.05) is 0 Å². The average molecular weight is 288 g/mol. The summed E-state index contributed by atoms with van der Waals surface area (Å²) >= 11 is 0. The Bertz CT molecular complexity index is 572. The van der Waals surface area contributed by atoms with Crippen molar-refractivity contribution in [2.75, 3.05) is 20.2 Å². The summed E-state index contributed by atoms with van der Waals surface area (Å²) in [6, 6.07) is 1.05. The minimum Gasteiger partial charge on any atom is -0.463 e. The molecule has 1 aromatic rings. The van der Waals surface area contributed by atoms with Crippen molar-refractivity contribution < 1.29 is 22.4 Å². The Kier molecular flexibility index (Phi) is 3.93. The second kappa shape index (κ2) is 5.32. The molecule has 0 bridgehead atoms. The number of nitrogens with one attached hydrogen (secondary N) is 2. The molecule has 0 aromatic carbocycles. The van der Waals surface area contributed by atoms with Crippen molar-refractivity contribution in [3.05, 3.63) is 17.6 Å². The molecule has 0 aliphatic carbocycles. The lowest BCUT2D eigenvalue weighted by Gasteiger charge is -2.10. The fraction of sp³-hybridized carbons (Fsp3) is 0.545. The fourth-order valence-corrected chi connectivity index (χ4v) is 3.42. The molecule has 8 heteroatoms. The van der Waals surface area contributed by atoms with E-state index in [-0.39, 0.29) is 22.5 Å². The summed E-state index contributed by atoms with van der Waals surface area (Å²) in [6.45, 7) is 2.87. The van der Waals surface area contributed by atoms with E-state index in [0.717, 1.165) is 13.0 Å². The summed E-state index contributed by atoms with van der Waals surface area (Å²) in [6.07, 6.45) is 0.736. The number of esters is 1. The van der Waals surface area contributed by atoms with E-state index in [1.54, 1.807) is 0 Å². The Balaban J connectivity index is 2.24. The molecule has 0 saturated carbocycles. The molecule has 2 heterocycles. The molecular formula is C11H16N2O5S. The van der Waals surface area contributed by atoms with Gasteiger partial charge in [0.1, 0.15) is 10.7 Å². The Morgan fingerprint density at radius 1 is 1.58 bits per heavy atom. The van der Waals surface area contributed by atoms with Gasteiger partial charge in [-0.15, -0.1) is 0 Å². The number of aryl methyl sites for hydroxylation is 1. The molecule has 2 N–H and O–H groups in total. The number of methoxy groups -OCH3 is 1. The predicted octanol–water partition coefficient (Wildman–Crippen LogP) is 0.0148. The molecule has 7 nitrogen and oxygen atoms in total. The molecule has 1 aliphatic rings. The highest BCUT2D eigenvalue weighted by molar-refractivity contribution is 7.89. The van der Waals surface area contributed by atoms with Crippen LogP contribution in [0.5, 0.6) is 0 Å². The van der Waals surface area contributed by atoms with Gasteiger partial charge in [0.2, 0.25) is 15.8 Å². The molecule has 0 spiro atoms. The summed E-state index contributed by atoms with van der Waals surface area (Å²) in [5.41, 5.74) is 0. The molecule has 1 unspecified atom stereocenters. The van der Waals surface area contributed by atoms with Gasteiger partial charge in [0.05, 0.1) is 7.11 Å². The quantitative estimate of drug-likeness (QED) is 0.758. The van der Waals surface area contributed by atoms with Gasteiger partial charge in [-0.05, 0) is 19.9 Å². The lowest BCUT2D eigenvalue weighted by atomic mass is 10.3. The Labute approximate surface area is 111 Å². The van der Waals surface area contributed by atoms with E-state index in [9.17, 15) is 13.2 Å². The van der Waals surface area contributed by atoms with Crippen molar-refractivity contribution >= 4 is 16.0 Å². The van der Waals surface area contributed by atoms with Gasteiger partial charge in [-0.3, -0.25) is 0 Å². The fourth-order valence-electron chi connectivity index (χ4n) is 1.97. The third kappa shape index (κ3) is 2.96. The SMILES string of the molecule is COC(=O)c1cc(S(=O)(=O)NC2CCNC2)c(C)o1. The lowest BCUT2D eigenvalue weighted by molar-refractivity contribution is 0.0563. The summed E-state index contributed by atoms with van der Waals surface area (Å²) in [4.78, 5) is 11.3. The Hall–Kier alpha value is -1.38. The third-order valence-electron chi connectivity index (χ3n) is 2.93. The molecule has 1 atom stereocenters. The first kappa shape index (κ1) is 14.0. The third-order valence-corrected chi connectivity index (χ3v) is 4.56. The maximum absolute atomic E-state index is 12.2. The maximum atomic E-state index is 12.2. The van der Waals surface area contributed by atoms with Crippen LogP contribution in [0.2, 0.25) is 0 Å². The van der Waals surface area contributed by atoms with Crippen LogP contribution in [-0.2, 0) is 14.8 Å². The zero-order valence-corrected chi connectivity index (χ0v) is 11.5. The van der Waals surface area contributed by atoms with E-state index in [1.165, 1.54) is 20.1 Å². The highest BCUT2D eigenvalue weighted by Gasteiger charge is 2.27. The lowest BCUT2D eigenvalue weighted by Crippen LogP contribution is -2.36. The van der Waals surface area contributed by atoms with Crippen LogP contribution in [0.25, 0.3) is 0 Å². The number of hydrogen-bond donors (Lipinski definition) is 2. The van der Waals surface area contributed by atoms with Crippen LogP contribution in [0.15, 0.2) is 15.4 Å². The van der Waals surface area contributed by atoms with Gasteiger partial charge in [-0.2, -0.15) is 0 Å². The van der Waals surface area contributed by atoms with Crippen LogP contribution in [0, 0.1) is 6.92 Å². The Morgan fingerprint density at radius 2 is 2.32 bits per heavy atom. The summed E-state index contributed by atoms with van der Waals surface area (Å²) in [5, 5.41) is 3.07. The number of rotatable bonds is 4. The largest absolute Gasteiger partial charge is 0.463 e. The highest BCUT2D eigenvalue weighted by atomic mass is 32.2. The second-order valence-corrected chi connectivity index (χ2v) is 6.02. The van der Waals surface area contributed by atoms with E-state index in [4.69, 9.17) is 4.42 Å². The maximum Gasteiger partial charge on any atom is 0.373 e. The van der Waals surface area contributed by atoms with E-state index in [1.807, 2.05) is 0 Å². The van der Waals surface area contributed by atoms with Gasteiger partial charge in [0, 0.05) is 18.7 Å². The first-order valence-corrected chi connectivity index (χ1v) is 7.34. The number of carbonyl (C=O) groups excluding carboxylic acids is 1. The van der Waals surface area contributed by atoms with Crippen LogP contribution in [0.1, 0.15) is 22.7 Å². The van der Waals surface area contributed by atoms with Crippen molar-refractivity contribution in [3.8, 4) is 0 Å². The van der Waals surface area contributed by atoms with Crippen LogP contribution >= 0.6 is 0 Å². The minimum atomic E-state index is -3.69. The monoisotopic (exact) mass is 288 g/mol. The molecule has 106 valence electrons. The van der Waals surface area contributed by atoms with Crippen LogP contribution in [0.3, 0.4) is 0 Å². The zero-order valence-electron chi connectivity index (χ0n) is 10.7. The normalized spacial score (nSPS) is 19.6. The average Bonchev–Trinajstić information content (AvgIpc) is 2.97. The number of furan rings is 1. The van der Waals surface area contributed by atoms with Gasteiger partial charge < -0.3 is 14.5 Å². The zero-order chi connectivity index (χ0) is 14.0. The van der Waals surface area contributed by atoms with Crippen molar-refractivity contribution in [3.63, 3.8) is 0 Å². The molecule has 1 fully saturated rings. The minimum absolute atomic E-state index is 0.0280. The topological polar surface area (TPSA) is 97.6 Å². The van der Waals surface area contributed by atoms with Crippen molar-refractivity contribution in [2.24, 2.45) is 0 Å². The van der Waals surface area contributed by atoms with Gasteiger partial charge in [0.25, 0.3) is 0 Å². The predicted molar refractivity (Wildman–Crippen MR) is 66.4 cm³/mol. The summed E-state index contributed by atoms with van der Waals surface area (Å²) in [7, 11) is -2.48. The summed E-state index contributed by atoms with van der Waals surface area (Å²) in [5.74, 6) is -0.657. The van der Waals surface area contributed by atoms with E-state index in [0.29, 0.717) is 6.54 Å². The Morgan fingerprint density at radius 3 is 2.89 bits per heavy atom. The standard InChI is InChI=1S/C11H16N2O5S/c1-7-10(5-9(18-7)11(14)17-2)19(15,16)13-8-3-4-12-6-8/h5,8,12-13H,3-4,6H2,1-2H3. The van der Waals surface area contributed by atoms with Gasteiger partial charge >= 0.3 is 5.97 Å². The van der Waals surface area contributed by atoms with Crippen molar-refractivity contribution in [1.82, 2.24) is 10.0 Å². The highest BCUT2D eigenvalue weighted by Crippen LogP contribution is 2.21.